The molecule has 2 nitrogen and oxygen atoms in total. The highest BCUT2D eigenvalue weighted by atomic mass is 79.9. The minimum absolute atomic E-state index is 0.856. The molecule has 102 valence electrons. The Morgan fingerprint density at radius 2 is 1.81 bits per heavy atom. The normalized spacial score (nSPS) is 11.3. The summed E-state index contributed by atoms with van der Waals surface area (Å²) in [5.74, 6) is 0. The first-order valence-electron chi connectivity index (χ1n) is 6.90. The number of halogens is 1. The van der Waals surface area contributed by atoms with Gasteiger partial charge in [0.2, 0.25) is 0 Å². The highest BCUT2D eigenvalue weighted by molar-refractivity contribution is 9.10. The van der Waals surface area contributed by atoms with Gasteiger partial charge in [-0.2, -0.15) is 0 Å². The molecule has 0 saturated heterocycles. The molecule has 3 heteroatoms. The van der Waals surface area contributed by atoms with E-state index in [4.69, 9.17) is 0 Å². The largest absolute Gasteiger partial charge is 0.346 e. The molecule has 0 bridgehead atoms. The Morgan fingerprint density at radius 3 is 2.71 bits per heavy atom. The van der Waals surface area contributed by atoms with Crippen molar-refractivity contribution in [1.29, 1.82) is 0 Å². The maximum Gasteiger partial charge on any atom is 0.138 e. The number of hydrogen-bond donors (Lipinski definition) is 1. The summed E-state index contributed by atoms with van der Waals surface area (Å²) >= 11 is 3.40. The molecule has 2 aromatic heterocycles. The molecule has 0 aliphatic rings. The van der Waals surface area contributed by atoms with Crippen LogP contribution < -0.4 is 0 Å². The molecule has 0 aliphatic carbocycles. The van der Waals surface area contributed by atoms with Gasteiger partial charge in [0, 0.05) is 11.6 Å². The number of rotatable bonds is 2. The van der Waals surface area contributed by atoms with Crippen LogP contribution in [0.3, 0.4) is 0 Å². The Labute approximate surface area is 131 Å². The molecule has 0 saturated carbocycles. The fraction of sp³-hybridized carbons (Fsp3) is 0.0556. The lowest BCUT2D eigenvalue weighted by molar-refractivity contribution is 1.21. The first-order chi connectivity index (χ1) is 10.3. The van der Waals surface area contributed by atoms with Gasteiger partial charge in [-0.3, -0.25) is 0 Å². The summed E-state index contributed by atoms with van der Waals surface area (Å²) in [6, 6.07) is 19.2. The van der Waals surface area contributed by atoms with E-state index in [9.17, 15) is 0 Å². The van der Waals surface area contributed by atoms with Gasteiger partial charge in [-0.15, -0.1) is 0 Å². The van der Waals surface area contributed by atoms with Crippen molar-refractivity contribution < 1.29 is 0 Å². The smallest absolute Gasteiger partial charge is 0.138 e. The van der Waals surface area contributed by atoms with Crippen LogP contribution in [0.5, 0.6) is 0 Å². The average Bonchev–Trinajstić information content (AvgIpc) is 2.89. The van der Waals surface area contributed by atoms with Crippen LogP contribution in [-0.2, 0) is 6.42 Å². The summed E-state index contributed by atoms with van der Waals surface area (Å²) in [6.07, 6.45) is 2.97. The second-order valence-corrected chi connectivity index (χ2v) is 6.01. The van der Waals surface area contributed by atoms with Crippen molar-refractivity contribution in [2.45, 2.75) is 6.42 Å². The Kier molecular flexibility index (Phi) is 3.00. The molecule has 0 spiro atoms. The molecule has 0 aliphatic heterocycles. The predicted molar refractivity (Wildman–Crippen MR) is 90.5 cm³/mol. The van der Waals surface area contributed by atoms with Crippen LogP contribution in [-0.4, -0.2) is 9.97 Å². The van der Waals surface area contributed by atoms with Gasteiger partial charge >= 0.3 is 0 Å². The van der Waals surface area contributed by atoms with Gasteiger partial charge in [-0.1, -0.05) is 42.5 Å². The third-order valence-electron chi connectivity index (χ3n) is 3.80. The lowest BCUT2D eigenvalue weighted by Gasteiger charge is -2.03. The Morgan fingerprint density at radius 1 is 0.952 bits per heavy atom. The van der Waals surface area contributed by atoms with Crippen molar-refractivity contribution in [2.24, 2.45) is 0 Å². The first kappa shape index (κ1) is 12.6. The van der Waals surface area contributed by atoms with Crippen LogP contribution in [0.1, 0.15) is 11.1 Å². The summed E-state index contributed by atoms with van der Waals surface area (Å²) < 4.78 is 0.856. The fourth-order valence-corrected chi connectivity index (χ4v) is 3.06. The Bertz CT molecular complexity index is 940. The maximum atomic E-state index is 4.45. The van der Waals surface area contributed by atoms with Crippen LogP contribution in [0.15, 0.2) is 65.4 Å². The number of aromatic amines is 1. The molecule has 4 aromatic rings. The van der Waals surface area contributed by atoms with E-state index >= 15 is 0 Å². The second kappa shape index (κ2) is 5.01. The summed E-state index contributed by atoms with van der Waals surface area (Å²) in [4.78, 5) is 7.69. The molecule has 0 radical (unpaired) electrons. The number of benzene rings is 2. The number of H-pyrrole nitrogens is 1. The van der Waals surface area contributed by atoms with Gasteiger partial charge < -0.3 is 4.98 Å². The highest BCUT2D eigenvalue weighted by Gasteiger charge is 2.06. The zero-order chi connectivity index (χ0) is 14.2. The van der Waals surface area contributed by atoms with Crippen LogP contribution >= 0.6 is 15.9 Å². The second-order valence-electron chi connectivity index (χ2n) is 5.20. The molecule has 1 N–H and O–H groups in total. The van der Waals surface area contributed by atoms with Crippen molar-refractivity contribution in [3.05, 3.63) is 76.5 Å². The molecule has 4 rings (SSSR count). The van der Waals surface area contributed by atoms with E-state index < -0.39 is 0 Å². The minimum atomic E-state index is 0.856. The van der Waals surface area contributed by atoms with E-state index in [1.807, 2.05) is 6.07 Å². The van der Waals surface area contributed by atoms with E-state index in [-0.39, 0.29) is 0 Å². The maximum absolute atomic E-state index is 4.45. The molecule has 2 aromatic carbocycles. The summed E-state index contributed by atoms with van der Waals surface area (Å²) in [7, 11) is 0. The number of fused-ring (bicyclic) bond motifs is 2. The van der Waals surface area contributed by atoms with Crippen molar-refractivity contribution in [2.75, 3.05) is 0 Å². The lowest BCUT2D eigenvalue weighted by atomic mass is 10.0. The number of pyridine rings is 1. The molecular formula is C18H13BrN2. The average molecular weight is 337 g/mol. The number of aromatic nitrogens is 2. The van der Waals surface area contributed by atoms with Crippen LogP contribution in [0.25, 0.3) is 21.8 Å². The fourth-order valence-electron chi connectivity index (χ4n) is 2.75. The zero-order valence-corrected chi connectivity index (χ0v) is 12.9. The van der Waals surface area contributed by atoms with Gasteiger partial charge in [-0.05, 0) is 56.4 Å². The molecular weight excluding hydrogens is 324 g/mol. The van der Waals surface area contributed by atoms with Crippen molar-refractivity contribution >= 4 is 37.7 Å². The molecule has 0 atom stereocenters. The van der Waals surface area contributed by atoms with Crippen molar-refractivity contribution in [1.82, 2.24) is 9.97 Å². The van der Waals surface area contributed by atoms with Crippen molar-refractivity contribution in [3.8, 4) is 0 Å². The number of hydrogen-bond acceptors (Lipinski definition) is 1. The lowest BCUT2D eigenvalue weighted by Crippen LogP contribution is -1.87. The van der Waals surface area contributed by atoms with Crippen molar-refractivity contribution in [3.63, 3.8) is 0 Å². The number of nitrogens with one attached hydrogen (secondary N) is 1. The zero-order valence-electron chi connectivity index (χ0n) is 11.3. The predicted octanol–water partition coefficient (Wildman–Crippen LogP) is 5.07. The standard InChI is InChI=1S/C18H13BrN2/c19-17-8-7-16-15(11-20-18(16)21-17)10-12-5-6-13-3-1-2-4-14(13)9-12/h1-9,11H,10H2,(H,20,21). The van der Waals surface area contributed by atoms with E-state index in [0.717, 1.165) is 16.7 Å². The van der Waals surface area contributed by atoms with E-state index in [1.165, 1.54) is 27.3 Å². The summed E-state index contributed by atoms with van der Waals surface area (Å²) in [5.41, 5.74) is 3.53. The topological polar surface area (TPSA) is 28.7 Å². The molecule has 21 heavy (non-hydrogen) atoms. The van der Waals surface area contributed by atoms with Crippen LogP contribution in [0.2, 0.25) is 0 Å². The van der Waals surface area contributed by atoms with Gasteiger partial charge in [0.15, 0.2) is 0 Å². The SMILES string of the molecule is Brc1ccc2c(Cc3ccc4ccccc4c3)c[nH]c2n1. The highest BCUT2D eigenvalue weighted by Crippen LogP contribution is 2.23. The molecule has 0 fully saturated rings. The monoisotopic (exact) mass is 336 g/mol. The quantitative estimate of drug-likeness (QED) is 0.508. The first-order valence-corrected chi connectivity index (χ1v) is 7.69. The molecule has 0 amide bonds. The van der Waals surface area contributed by atoms with E-state index in [2.05, 4.69) is 80.6 Å². The van der Waals surface area contributed by atoms with Gasteiger partial charge in [0.25, 0.3) is 0 Å². The third-order valence-corrected chi connectivity index (χ3v) is 4.24. The Balaban J connectivity index is 1.75. The van der Waals surface area contributed by atoms with Gasteiger partial charge in [0.1, 0.15) is 10.3 Å². The third kappa shape index (κ3) is 2.34. The Hall–Kier alpha value is -2.13. The minimum Gasteiger partial charge on any atom is -0.346 e. The van der Waals surface area contributed by atoms with Crippen LogP contribution in [0.4, 0.5) is 0 Å². The van der Waals surface area contributed by atoms with E-state index in [0.29, 0.717) is 0 Å². The number of nitrogens with zero attached hydrogens (tertiary/aromatic N) is 1. The van der Waals surface area contributed by atoms with E-state index in [1.54, 1.807) is 0 Å². The van der Waals surface area contributed by atoms with Gasteiger partial charge in [0.05, 0.1) is 0 Å². The molecule has 0 unspecified atom stereocenters. The van der Waals surface area contributed by atoms with Crippen LogP contribution in [0, 0.1) is 0 Å². The summed E-state index contributed by atoms with van der Waals surface area (Å²) in [6.45, 7) is 0. The summed E-state index contributed by atoms with van der Waals surface area (Å²) in [5, 5.41) is 3.76. The molecule has 2 heterocycles. The van der Waals surface area contributed by atoms with Gasteiger partial charge in [-0.25, -0.2) is 4.98 Å².